The molecule has 0 amide bonds. The van der Waals surface area contributed by atoms with Crippen molar-refractivity contribution in [3.63, 3.8) is 0 Å². The largest absolute Gasteiger partial charge is 0.479 e. The van der Waals surface area contributed by atoms with Gasteiger partial charge in [-0.2, -0.15) is 0 Å². The third-order valence-corrected chi connectivity index (χ3v) is 5.29. The lowest BCUT2D eigenvalue weighted by Gasteiger charge is -2.42. The molecule has 1 saturated heterocycles. The Morgan fingerprint density at radius 1 is 1.10 bits per heavy atom. The fourth-order valence-corrected chi connectivity index (χ4v) is 4.02. The van der Waals surface area contributed by atoms with Crippen LogP contribution in [0.25, 0.3) is 5.69 Å². The lowest BCUT2D eigenvalue weighted by Crippen LogP contribution is -2.47. The highest BCUT2D eigenvalue weighted by Gasteiger charge is 2.44. The summed E-state index contributed by atoms with van der Waals surface area (Å²) in [5, 5.41) is 3.36. The number of methoxy groups -OCH3 is 1. The average molecular weight is 398 g/mol. The highest BCUT2D eigenvalue weighted by molar-refractivity contribution is 5.92. The Kier molecular flexibility index (Phi) is 4.65. The van der Waals surface area contributed by atoms with Gasteiger partial charge in [-0.3, -0.25) is 0 Å². The fourth-order valence-electron chi connectivity index (χ4n) is 4.02. The lowest BCUT2D eigenvalue weighted by molar-refractivity contribution is 0.00442. The molecule has 7 heteroatoms. The third kappa shape index (κ3) is 3.40. The van der Waals surface area contributed by atoms with Crippen molar-refractivity contribution in [3.05, 3.63) is 47.3 Å². The first-order valence-electron chi connectivity index (χ1n) is 9.82. The summed E-state index contributed by atoms with van der Waals surface area (Å²) in [4.78, 5) is 25.0. The zero-order valence-electron chi connectivity index (χ0n) is 17.2. The van der Waals surface area contributed by atoms with Crippen molar-refractivity contribution >= 4 is 11.9 Å². The van der Waals surface area contributed by atoms with E-state index in [1.807, 2.05) is 31.4 Å². The normalized spacial score (nSPS) is 17.1. The van der Waals surface area contributed by atoms with Gasteiger partial charge in [0, 0.05) is 12.8 Å². The number of nitrogens with zero attached hydrogens (tertiary/aromatic N) is 1. The molecule has 2 aliphatic rings. The van der Waals surface area contributed by atoms with E-state index in [0.29, 0.717) is 22.7 Å². The molecule has 0 atom stereocenters. The summed E-state index contributed by atoms with van der Waals surface area (Å²) in [6.07, 6.45) is 1.51. The molecule has 29 heavy (non-hydrogen) atoms. The number of piperidine rings is 1. The van der Waals surface area contributed by atoms with E-state index in [1.54, 1.807) is 24.3 Å². The smallest absolute Gasteiger partial charge is 0.355 e. The van der Waals surface area contributed by atoms with Crippen LogP contribution in [0.4, 0.5) is 0 Å². The standard InChI is InChI=1S/C22H26N2O5/c1-21(2,3)29-20(26)16-7-8-18-22(9-11-23-12-10-22)28-17-13-14(19(25)27-4)5-6-15(17)24(16)18/h5-8,13,23H,9-12H2,1-4H3. The number of fused-ring (bicyclic) bond motifs is 4. The van der Waals surface area contributed by atoms with E-state index in [-0.39, 0.29) is 0 Å². The molecule has 1 spiro atoms. The Morgan fingerprint density at radius 2 is 1.83 bits per heavy atom. The predicted molar refractivity (Wildman–Crippen MR) is 107 cm³/mol. The minimum absolute atomic E-state index is 0.391. The number of aromatic nitrogens is 1. The van der Waals surface area contributed by atoms with Crippen LogP contribution in [0.1, 0.15) is 60.2 Å². The fraction of sp³-hybridized carbons (Fsp3) is 0.455. The van der Waals surface area contributed by atoms with Crippen LogP contribution < -0.4 is 10.1 Å². The maximum atomic E-state index is 12.9. The van der Waals surface area contributed by atoms with E-state index >= 15 is 0 Å². The second-order valence-electron chi connectivity index (χ2n) is 8.46. The van der Waals surface area contributed by atoms with Crippen LogP contribution in [0.3, 0.4) is 0 Å². The van der Waals surface area contributed by atoms with E-state index < -0.39 is 23.1 Å². The van der Waals surface area contributed by atoms with Crippen LogP contribution >= 0.6 is 0 Å². The molecule has 3 heterocycles. The van der Waals surface area contributed by atoms with Gasteiger partial charge in [-0.25, -0.2) is 9.59 Å². The van der Waals surface area contributed by atoms with Crippen LogP contribution in [0, 0.1) is 0 Å². The molecule has 0 aliphatic carbocycles. The van der Waals surface area contributed by atoms with Crippen LogP contribution in [-0.4, -0.2) is 42.3 Å². The first-order valence-corrected chi connectivity index (χ1v) is 9.82. The van der Waals surface area contributed by atoms with Crippen molar-refractivity contribution in [2.45, 2.75) is 44.8 Å². The highest BCUT2D eigenvalue weighted by Crippen LogP contribution is 2.45. The van der Waals surface area contributed by atoms with Gasteiger partial charge in [0.25, 0.3) is 0 Å². The van der Waals surface area contributed by atoms with Crippen molar-refractivity contribution in [1.29, 1.82) is 0 Å². The lowest BCUT2D eigenvalue weighted by atomic mass is 9.87. The molecule has 0 unspecified atom stereocenters. The molecule has 7 nitrogen and oxygen atoms in total. The van der Waals surface area contributed by atoms with E-state index in [1.165, 1.54) is 7.11 Å². The molecule has 154 valence electrons. The number of esters is 2. The van der Waals surface area contributed by atoms with Crippen LogP contribution in [0.5, 0.6) is 5.75 Å². The molecule has 2 aliphatic heterocycles. The average Bonchev–Trinajstić information content (AvgIpc) is 3.13. The van der Waals surface area contributed by atoms with Crippen molar-refractivity contribution in [2.24, 2.45) is 0 Å². The van der Waals surface area contributed by atoms with Gasteiger partial charge in [0.05, 0.1) is 24.1 Å². The van der Waals surface area contributed by atoms with Gasteiger partial charge in [-0.1, -0.05) is 0 Å². The maximum Gasteiger partial charge on any atom is 0.355 e. The molecular formula is C22H26N2O5. The molecule has 1 N–H and O–H groups in total. The summed E-state index contributed by atoms with van der Waals surface area (Å²) >= 11 is 0. The molecule has 1 fully saturated rings. The number of ether oxygens (including phenoxy) is 3. The van der Waals surface area contributed by atoms with Crippen molar-refractivity contribution < 1.29 is 23.8 Å². The summed E-state index contributed by atoms with van der Waals surface area (Å²) in [7, 11) is 1.35. The molecule has 4 rings (SSSR count). The minimum Gasteiger partial charge on any atom is -0.479 e. The highest BCUT2D eigenvalue weighted by atomic mass is 16.6. The number of carbonyl (C=O) groups is 2. The molecule has 0 radical (unpaired) electrons. The van der Waals surface area contributed by atoms with Crippen molar-refractivity contribution in [1.82, 2.24) is 9.88 Å². The number of hydrogen-bond acceptors (Lipinski definition) is 6. The second kappa shape index (κ2) is 6.91. The minimum atomic E-state index is -0.600. The molecule has 0 bridgehead atoms. The third-order valence-electron chi connectivity index (χ3n) is 5.29. The van der Waals surface area contributed by atoms with E-state index in [9.17, 15) is 9.59 Å². The Balaban J connectivity index is 1.87. The predicted octanol–water partition coefficient (Wildman–Crippen LogP) is 3.19. The number of nitrogens with one attached hydrogen (secondary N) is 1. The van der Waals surface area contributed by atoms with Crippen LogP contribution in [0.15, 0.2) is 30.3 Å². The molecular weight excluding hydrogens is 372 g/mol. The van der Waals surface area contributed by atoms with Crippen LogP contribution in [0.2, 0.25) is 0 Å². The summed E-state index contributed by atoms with van der Waals surface area (Å²) in [6.45, 7) is 7.15. The number of hydrogen-bond donors (Lipinski definition) is 1. The second-order valence-corrected chi connectivity index (χ2v) is 8.46. The SMILES string of the molecule is COC(=O)c1ccc2c(c1)OC1(CCNCC1)c1ccc(C(=O)OC(C)(C)C)n1-2. The maximum absolute atomic E-state index is 12.9. The van der Waals surface area contributed by atoms with Gasteiger partial charge in [0.15, 0.2) is 5.60 Å². The number of carbonyl (C=O) groups excluding carboxylic acids is 2. The molecule has 0 saturated carbocycles. The Morgan fingerprint density at radius 3 is 2.48 bits per heavy atom. The summed E-state index contributed by atoms with van der Waals surface area (Å²) in [6, 6.07) is 8.89. The summed E-state index contributed by atoms with van der Waals surface area (Å²) < 4.78 is 18.9. The van der Waals surface area contributed by atoms with E-state index in [4.69, 9.17) is 14.2 Å². The molecule has 2 aromatic rings. The quantitative estimate of drug-likeness (QED) is 0.783. The van der Waals surface area contributed by atoms with Gasteiger partial charge >= 0.3 is 11.9 Å². The van der Waals surface area contributed by atoms with Gasteiger partial charge in [0.2, 0.25) is 0 Å². The van der Waals surface area contributed by atoms with Gasteiger partial charge < -0.3 is 24.1 Å². The molecule has 1 aromatic carbocycles. The summed E-state index contributed by atoms with van der Waals surface area (Å²) in [5.74, 6) is -0.262. The zero-order valence-corrected chi connectivity index (χ0v) is 17.2. The first kappa shape index (κ1) is 19.5. The number of rotatable bonds is 2. The van der Waals surface area contributed by atoms with Crippen LogP contribution in [-0.2, 0) is 15.1 Å². The van der Waals surface area contributed by atoms with Gasteiger partial charge in [0.1, 0.15) is 17.0 Å². The zero-order chi connectivity index (χ0) is 20.8. The Hall–Kier alpha value is -2.80. The monoisotopic (exact) mass is 398 g/mol. The van der Waals surface area contributed by atoms with E-state index in [0.717, 1.165) is 31.6 Å². The number of benzene rings is 1. The first-order chi connectivity index (χ1) is 13.7. The van der Waals surface area contributed by atoms with E-state index in [2.05, 4.69) is 5.32 Å². The topological polar surface area (TPSA) is 78.8 Å². The Labute approximate surface area is 169 Å². The summed E-state index contributed by atoms with van der Waals surface area (Å²) in [5.41, 5.74) is 1.33. The van der Waals surface area contributed by atoms with Crippen molar-refractivity contribution in [3.8, 4) is 11.4 Å². The molecule has 1 aromatic heterocycles. The van der Waals surface area contributed by atoms with Crippen molar-refractivity contribution in [2.75, 3.05) is 20.2 Å². The Bertz CT molecular complexity index is 964. The van der Waals surface area contributed by atoms with Gasteiger partial charge in [-0.15, -0.1) is 0 Å². The van der Waals surface area contributed by atoms with Gasteiger partial charge in [-0.05, 0) is 64.2 Å².